The van der Waals surface area contributed by atoms with E-state index in [2.05, 4.69) is 9.72 Å². The third kappa shape index (κ3) is 1.87. The Morgan fingerprint density at radius 2 is 2.06 bits per heavy atom. The molecule has 0 radical (unpaired) electrons. The lowest BCUT2D eigenvalue weighted by Crippen LogP contribution is -2.06. The van der Waals surface area contributed by atoms with Gasteiger partial charge in [-0.3, -0.25) is 4.79 Å². The highest BCUT2D eigenvalue weighted by Gasteiger charge is 2.12. The van der Waals surface area contributed by atoms with Gasteiger partial charge in [-0.1, -0.05) is 0 Å². The smallest absolute Gasteiger partial charge is 0.338 e. The Kier molecular flexibility index (Phi) is 2.82. The SMILES string of the molecule is COC(=O)c1cc(OC)c2[nH]ccc(=O)c2c1. The lowest BCUT2D eigenvalue weighted by atomic mass is 10.1. The summed E-state index contributed by atoms with van der Waals surface area (Å²) in [5.74, 6) is -0.0750. The van der Waals surface area contributed by atoms with Crippen LogP contribution < -0.4 is 10.2 Å². The standard InChI is InChI=1S/C12H11NO4/c1-16-10-6-7(12(15)17-2)5-8-9(14)3-4-13-11(8)10/h3-6H,1-2H3,(H,13,14). The van der Waals surface area contributed by atoms with Gasteiger partial charge in [-0.05, 0) is 12.1 Å². The lowest BCUT2D eigenvalue weighted by Gasteiger charge is -2.07. The van der Waals surface area contributed by atoms with E-state index in [4.69, 9.17) is 4.74 Å². The first-order chi connectivity index (χ1) is 8.17. The molecule has 0 atom stereocenters. The summed E-state index contributed by atoms with van der Waals surface area (Å²) in [7, 11) is 2.76. The summed E-state index contributed by atoms with van der Waals surface area (Å²) in [4.78, 5) is 26.0. The van der Waals surface area contributed by atoms with Crippen molar-refractivity contribution in [2.75, 3.05) is 14.2 Å². The minimum atomic E-state index is -0.506. The van der Waals surface area contributed by atoms with Crippen molar-refractivity contribution in [1.82, 2.24) is 4.98 Å². The first-order valence-electron chi connectivity index (χ1n) is 4.95. The number of nitrogens with one attached hydrogen (secondary N) is 1. The number of hydrogen-bond acceptors (Lipinski definition) is 4. The molecule has 0 fully saturated rings. The van der Waals surface area contributed by atoms with Crippen molar-refractivity contribution in [3.8, 4) is 5.75 Å². The van der Waals surface area contributed by atoms with E-state index in [0.29, 0.717) is 16.7 Å². The van der Waals surface area contributed by atoms with Gasteiger partial charge in [-0.2, -0.15) is 0 Å². The van der Waals surface area contributed by atoms with Crippen molar-refractivity contribution < 1.29 is 14.3 Å². The van der Waals surface area contributed by atoms with E-state index in [-0.39, 0.29) is 11.0 Å². The molecule has 1 aromatic carbocycles. The zero-order chi connectivity index (χ0) is 12.4. The van der Waals surface area contributed by atoms with Crippen molar-refractivity contribution in [1.29, 1.82) is 0 Å². The molecule has 88 valence electrons. The summed E-state index contributed by atoms with van der Waals surface area (Å²) >= 11 is 0. The molecule has 0 spiro atoms. The fourth-order valence-corrected chi connectivity index (χ4v) is 1.65. The molecule has 0 saturated carbocycles. The minimum absolute atomic E-state index is 0.178. The highest BCUT2D eigenvalue weighted by molar-refractivity contribution is 5.96. The molecular formula is C12H11NO4. The van der Waals surface area contributed by atoms with Crippen molar-refractivity contribution in [2.24, 2.45) is 0 Å². The molecular weight excluding hydrogens is 222 g/mol. The molecule has 1 N–H and O–H groups in total. The number of esters is 1. The van der Waals surface area contributed by atoms with Crippen molar-refractivity contribution >= 4 is 16.9 Å². The summed E-state index contributed by atoms with van der Waals surface area (Å²) in [6, 6.07) is 4.41. The molecule has 0 aliphatic heterocycles. The number of rotatable bonds is 2. The van der Waals surface area contributed by atoms with Gasteiger partial charge in [0.25, 0.3) is 0 Å². The first-order valence-corrected chi connectivity index (χ1v) is 4.95. The number of benzene rings is 1. The van der Waals surface area contributed by atoms with Gasteiger partial charge in [0.15, 0.2) is 5.43 Å². The fraction of sp³-hybridized carbons (Fsp3) is 0.167. The van der Waals surface area contributed by atoms with E-state index in [9.17, 15) is 9.59 Å². The molecule has 1 heterocycles. The van der Waals surface area contributed by atoms with Crippen molar-refractivity contribution in [3.05, 3.63) is 40.2 Å². The predicted molar refractivity (Wildman–Crippen MR) is 62.5 cm³/mol. The Morgan fingerprint density at radius 1 is 1.29 bits per heavy atom. The number of hydrogen-bond donors (Lipinski definition) is 1. The minimum Gasteiger partial charge on any atom is -0.495 e. The lowest BCUT2D eigenvalue weighted by molar-refractivity contribution is 0.0600. The molecule has 2 rings (SSSR count). The van der Waals surface area contributed by atoms with Crippen LogP contribution in [-0.2, 0) is 4.74 Å². The first kappa shape index (κ1) is 11.2. The second-order valence-electron chi connectivity index (χ2n) is 3.43. The summed E-state index contributed by atoms with van der Waals surface area (Å²) in [6.45, 7) is 0. The van der Waals surface area contributed by atoms with Gasteiger partial charge in [0.2, 0.25) is 0 Å². The number of pyridine rings is 1. The maximum Gasteiger partial charge on any atom is 0.338 e. The van der Waals surface area contributed by atoms with Crippen LogP contribution in [0.15, 0.2) is 29.2 Å². The Bertz CT molecular complexity index is 630. The number of ether oxygens (including phenoxy) is 2. The van der Waals surface area contributed by atoms with E-state index in [0.717, 1.165) is 0 Å². The average Bonchev–Trinajstić information content (AvgIpc) is 2.37. The van der Waals surface area contributed by atoms with Crippen molar-refractivity contribution in [2.45, 2.75) is 0 Å². The third-order valence-electron chi connectivity index (χ3n) is 2.47. The van der Waals surface area contributed by atoms with Gasteiger partial charge in [0, 0.05) is 12.3 Å². The molecule has 0 amide bonds. The van der Waals surface area contributed by atoms with Crippen LogP contribution in [0.25, 0.3) is 10.9 Å². The van der Waals surface area contributed by atoms with Gasteiger partial charge in [-0.15, -0.1) is 0 Å². The van der Waals surface area contributed by atoms with Gasteiger partial charge in [-0.25, -0.2) is 4.79 Å². The van der Waals surface area contributed by atoms with Crippen LogP contribution in [-0.4, -0.2) is 25.2 Å². The summed E-state index contributed by atoms with van der Waals surface area (Å²) in [6.07, 6.45) is 1.53. The number of aromatic amines is 1. The number of aromatic nitrogens is 1. The maximum atomic E-state index is 11.7. The van der Waals surface area contributed by atoms with E-state index >= 15 is 0 Å². The molecule has 17 heavy (non-hydrogen) atoms. The largest absolute Gasteiger partial charge is 0.495 e. The van der Waals surface area contributed by atoms with E-state index in [1.165, 1.54) is 38.6 Å². The monoisotopic (exact) mass is 233 g/mol. The predicted octanol–water partition coefficient (Wildman–Crippen LogP) is 1.32. The fourth-order valence-electron chi connectivity index (χ4n) is 1.65. The van der Waals surface area contributed by atoms with Gasteiger partial charge >= 0.3 is 5.97 Å². The molecule has 0 aliphatic rings. The van der Waals surface area contributed by atoms with Gasteiger partial charge in [0.1, 0.15) is 5.75 Å². The van der Waals surface area contributed by atoms with E-state index in [1.807, 2.05) is 0 Å². The number of H-pyrrole nitrogens is 1. The van der Waals surface area contributed by atoms with Crippen LogP contribution in [0, 0.1) is 0 Å². The number of carbonyl (C=O) groups is 1. The summed E-state index contributed by atoms with van der Waals surface area (Å²) in [5, 5.41) is 0.396. The molecule has 1 aromatic heterocycles. The number of carbonyl (C=O) groups excluding carboxylic acids is 1. The van der Waals surface area contributed by atoms with Gasteiger partial charge in [0.05, 0.1) is 30.7 Å². The van der Waals surface area contributed by atoms with Crippen LogP contribution in [0.2, 0.25) is 0 Å². The maximum absolute atomic E-state index is 11.7. The molecule has 5 nitrogen and oxygen atoms in total. The summed E-state index contributed by atoms with van der Waals surface area (Å²) in [5.41, 5.74) is 0.670. The van der Waals surface area contributed by atoms with Crippen LogP contribution in [0.4, 0.5) is 0 Å². The third-order valence-corrected chi connectivity index (χ3v) is 2.47. The second kappa shape index (κ2) is 4.29. The molecule has 2 aromatic rings. The number of methoxy groups -OCH3 is 2. The topological polar surface area (TPSA) is 68.4 Å². The zero-order valence-electron chi connectivity index (χ0n) is 9.44. The summed E-state index contributed by atoms with van der Waals surface area (Å²) < 4.78 is 9.76. The highest BCUT2D eigenvalue weighted by atomic mass is 16.5. The normalized spacial score (nSPS) is 10.2. The van der Waals surface area contributed by atoms with E-state index < -0.39 is 5.97 Å². The Balaban J connectivity index is 2.81. The Morgan fingerprint density at radius 3 is 2.71 bits per heavy atom. The molecule has 0 bridgehead atoms. The van der Waals surface area contributed by atoms with Crippen LogP contribution in [0.3, 0.4) is 0 Å². The van der Waals surface area contributed by atoms with Gasteiger partial charge < -0.3 is 14.5 Å². The Labute approximate surface area is 97.0 Å². The molecule has 0 aliphatic carbocycles. The second-order valence-corrected chi connectivity index (χ2v) is 3.43. The molecule has 0 unspecified atom stereocenters. The van der Waals surface area contributed by atoms with Crippen LogP contribution >= 0.6 is 0 Å². The molecule has 5 heteroatoms. The zero-order valence-corrected chi connectivity index (χ0v) is 9.44. The van der Waals surface area contributed by atoms with E-state index in [1.54, 1.807) is 0 Å². The Hall–Kier alpha value is -2.30. The number of fused-ring (bicyclic) bond motifs is 1. The quantitative estimate of drug-likeness (QED) is 0.794. The van der Waals surface area contributed by atoms with Crippen LogP contribution in [0.1, 0.15) is 10.4 Å². The molecule has 0 saturated heterocycles. The highest BCUT2D eigenvalue weighted by Crippen LogP contribution is 2.23. The van der Waals surface area contributed by atoms with Crippen molar-refractivity contribution in [3.63, 3.8) is 0 Å². The average molecular weight is 233 g/mol. The van der Waals surface area contributed by atoms with Crippen LogP contribution in [0.5, 0.6) is 5.75 Å².